The zero-order valence-electron chi connectivity index (χ0n) is 16.8. The van der Waals surface area contributed by atoms with E-state index in [1.807, 2.05) is 51.1 Å². The summed E-state index contributed by atoms with van der Waals surface area (Å²) >= 11 is 0. The molecule has 0 atom stereocenters. The summed E-state index contributed by atoms with van der Waals surface area (Å²) in [4.78, 5) is 38.2. The number of pyridine rings is 1. The van der Waals surface area contributed by atoms with E-state index in [2.05, 4.69) is 0 Å². The van der Waals surface area contributed by atoms with Crippen LogP contribution in [0.5, 0.6) is 0 Å². The van der Waals surface area contributed by atoms with E-state index < -0.39 is 0 Å². The molecule has 4 aromatic rings. The molecule has 0 fully saturated rings. The highest BCUT2D eigenvalue weighted by atomic mass is 16.2. The molecule has 0 saturated carbocycles. The highest BCUT2D eigenvalue weighted by molar-refractivity contribution is 5.99. The molecule has 2 aromatic heterocycles. The van der Waals surface area contributed by atoms with Gasteiger partial charge in [-0.15, -0.1) is 0 Å². The van der Waals surface area contributed by atoms with Crippen LogP contribution in [0.3, 0.4) is 0 Å². The molecule has 148 valence electrons. The summed E-state index contributed by atoms with van der Waals surface area (Å²) in [6.07, 6.45) is 0. The number of rotatable bonds is 5. The highest BCUT2D eigenvalue weighted by Gasteiger charge is 2.16. The average molecular weight is 389 g/mol. The Kier molecular flexibility index (Phi) is 4.70. The fourth-order valence-corrected chi connectivity index (χ4v) is 4.00. The van der Waals surface area contributed by atoms with E-state index >= 15 is 0 Å². The van der Waals surface area contributed by atoms with Gasteiger partial charge in [-0.25, -0.2) is 4.79 Å². The van der Waals surface area contributed by atoms with E-state index in [0.717, 1.165) is 27.5 Å². The quantitative estimate of drug-likeness (QED) is 0.492. The maximum Gasteiger partial charge on any atom is 0.329 e. The molecule has 2 heterocycles. The van der Waals surface area contributed by atoms with Crippen molar-refractivity contribution < 1.29 is 4.79 Å². The van der Waals surface area contributed by atoms with Crippen LogP contribution in [0.1, 0.15) is 29.8 Å². The van der Waals surface area contributed by atoms with Gasteiger partial charge in [0.1, 0.15) is 0 Å². The molecule has 4 rings (SSSR count). The van der Waals surface area contributed by atoms with Crippen LogP contribution in [0.25, 0.3) is 21.9 Å². The summed E-state index contributed by atoms with van der Waals surface area (Å²) in [6.45, 7) is 6.78. The Morgan fingerprint density at radius 2 is 1.52 bits per heavy atom. The molecular weight excluding hydrogens is 366 g/mol. The van der Waals surface area contributed by atoms with Crippen LogP contribution in [0, 0.1) is 6.92 Å². The standard InChI is InChI=1S/C23H23N3O3/c1-4-24-19-11-10-16(13-20(19)25(5-2)23(24)29)21(27)14-26-18-9-7-6-8-17(18)15(3)12-22(26)28/h6-13H,4-5,14H2,1-3H3. The predicted molar refractivity (Wildman–Crippen MR) is 115 cm³/mol. The minimum atomic E-state index is -0.196. The lowest BCUT2D eigenvalue weighted by Crippen LogP contribution is -2.24. The molecule has 0 aliphatic rings. The van der Waals surface area contributed by atoms with Crippen LogP contribution >= 0.6 is 0 Å². The number of para-hydroxylation sites is 1. The molecule has 6 heteroatoms. The number of nitrogens with zero attached hydrogens (tertiary/aromatic N) is 3. The van der Waals surface area contributed by atoms with E-state index in [0.29, 0.717) is 18.7 Å². The molecule has 0 radical (unpaired) electrons. The number of Topliss-reactive ketones (excluding diaryl/α,β-unsaturated/α-hetero) is 1. The minimum Gasteiger partial charge on any atom is -0.300 e. The molecule has 0 aliphatic carbocycles. The molecule has 6 nitrogen and oxygen atoms in total. The van der Waals surface area contributed by atoms with Crippen molar-refractivity contribution in [2.75, 3.05) is 0 Å². The second-order valence-electron chi connectivity index (χ2n) is 7.17. The molecule has 0 bridgehead atoms. The number of hydrogen-bond donors (Lipinski definition) is 0. The molecule has 0 N–H and O–H groups in total. The minimum absolute atomic E-state index is 0.0457. The lowest BCUT2D eigenvalue weighted by molar-refractivity contribution is 0.0972. The van der Waals surface area contributed by atoms with E-state index in [-0.39, 0.29) is 23.6 Å². The third kappa shape index (κ3) is 3.01. The van der Waals surface area contributed by atoms with Crippen molar-refractivity contribution in [2.24, 2.45) is 0 Å². The molecule has 0 aliphatic heterocycles. The Balaban J connectivity index is 1.81. The Morgan fingerprint density at radius 1 is 0.828 bits per heavy atom. The van der Waals surface area contributed by atoms with Gasteiger partial charge in [0.2, 0.25) is 0 Å². The summed E-state index contributed by atoms with van der Waals surface area (Å²) in [5.74, 6) is -0.164. The van der Waals surface area contributed by atoms with Crippen molar-refractivity contribution in [2.45, 2.75) is 40.4 Å². The smallest absolute Gasteiger partial charge is 0.300 e. The number of carbonyl (C=O) groups excluding carboxylic acids is 1. The maximum absolute atomic E-state index is 13.0. The van der Waals surface area contributed by atoms with Gasteiger partial charge in [-0.2, -0.15) is 0 Å². The number of imidazole rings is 1. The van der Waals surface area contributed by atoms with E-state index in [9.17, 15) is 14.4 Å². The molecular formula is C23H23N3O3. The summed E-state index contributed by atoms with van der Waals surface area (Å²) in [6, 6.07) is 14.5. The van der Waals surface area contributed by atoms with Gasteiger partial charge < -0.3 is 4.57 Å². The normalized spacial score (nSPS) is 11.4. The Hall–Kier alpha value is -3.41. The molecule has 0 spiro atoms. The van der Waals surface area contributed by atoms with Gasteiger partial charge in [0, 0.05) is 30.1 Å². The number of ketones is 1. The predicted octanol–water partition coefficient (Wildman–Crippen LogP) is 3.35. The molecule has 2 aromatic carbocycles. The molecule has 29 heavy (non-hydrogen) atoms. The first-order valence-electron chi connectivity index (χ1n) is 9.81. The second kappa shape index (κ2) is 7.20. The van der Waals surface area contributed by atoms with Gasteiger partial charge in [0.15, 0.2) is 5.78 Å². The number of hydrogen-bond acceptors (Lipinski definition) is 3. The topological polar surface area (TPSA) is 66.0 Å². The van der Waals surface area contributed by atoms with E-state index in [1.165, 1.54) is 4.57 Å². The van der Waals surface area contributed by atoms with Crippen molar-refractivity contribution in [3.8, 4) is 0 Å². The van der Waals surface area contributed by atoms with Gasteiger partial charge in [0.25, 0.3) is 5.56 Å². The lowest BCUT2D eigenvalue weighted by atomic mass is 10.1. The van der Waals surface area contributed by atoms with Crippen molar-refractivity contribution in [1.82, 2.24) is 13.7 Å². The number of aryl methyl sites for hydroxylation is 3. The average Bonchev–Trinajstić information content (AvgIpc) is 3.00. The zero-order valence-corrected chi connectivity index (χ0v) is 16.8. The molecule has 0 unspecified atom stereocenters. The Labute approximate surface area is 167 Å². The maximum atomic E-state index is 13.0. The Morgan fingerprint density at radius 3 is 2.24 bits per heavy atom. The van der Waals surface area contributed by atoms with Crippen LogP contribution in [0.4, 0.5) is 0 Å². The van der Waals surface area contributed by atoms with Gasteiger partial charge in [-0.05, 0) is 50.6 Å². The monoisotopic (exact) mass is 389 g/mol. The highest BCUT2D eigenvalue weighted by Crippen LogP contribution is 2.19. The third-order valence-electron chi connectivity index (χ3n) is 5.50. The van der Waals surface area contributed by atoms with Crippen LogP contribution in [0.15, 0.2) is 58.1 Å². The lowest BCUT2D eigenvalue weighted by Gasteiger charge is -2.11. The van der Waals surface area contributed by atoms with Crippen LogP contribution < -0.4 is 11.2 Å². The van der Waals surface area contributed by atoms with Crippen LogP contribution in [0.2, 0.25) is 0 Å². The fraction of sp³-hybridized carbons (Fsp3) is 0.261. The number of fused-ring (bicyclic) bond motifs is 2. The van der Waals surface area contributed by atoms with E-state index in [1.54, 1.807) is 27.3 Å². The zero-order chi connectivity index (χ0) is 20.7. The number of benzene rings is 2. The first-order valence-corrected chi connectivity index (χ1v) is 9.81. The van der Waals surface area contributed by atoms with Crippen molar-refractivity contribution in [3.05, 3.63) is 80.5 Å². The largest absolute Gasteiger partial charge is 0.329 e. The Bertz CT molecular complexity index is 1370. The fourth-order valence-electron chi connectivity index (χ4n) is 4.00. The number of carbonyl (C=O) groups is 1. The van der Waals surface area contributed by atoms with Gasteiger partial charge >= 0.3 is 5.69 Å². The first kappa shape index (κ1) is 18.9. The van der Waals surface area contributed by atoms with Crippen molar-refractivity contribution in [3.63, 3.8) is 0 Å². The number of aromatic nitrogens is 3. The SMILES string of the molecule is CCn1c(=O)n(CC)c2cc(C(=O)Cn3c(=O)cc(C)c4ccccc43)ccc21. The van der Waals surface area contributed by atoms with Crippen LogP contribution in [-0.4, -0.2) is 19.5 Å². The third-order valence-corrected chi connectivity index (χ3v) is 5.50. The van der Waals surface area contributed by atoms with E-state index in [4.69, 9.17) is 0 Å². The first-order chi connectivity index (χ1) is 14.0. The summed E-state index contributed by atoms with van der Waals surface area (Å²) in [7, 11) is 0. The van der Waals surface area contributed by atoms with Crippen LogP contribution in [-0.2, 0) is 19.6 Å². The van der Waals surface area contributed by atoms with Crippen molar-refractivity contribution in [1.29, 1.82) is 0 Å². The summed E-state index contributed by atoms with van der Waals surface area (Å²) in [5.41, 5.74) is 3.41. The summed E-state index contributed by atoms with van der Waals surface area (Å²) < 4.78 is 4.88. The second-order valence-corrected chi connectivity index (χ2v) is 7.17. The summed E-state index contributed by atoms with van der Waals surface area (Å²) in [5, 5.41) is 0.954. The molecule has 0 saturated heterocycles. The van der Waals surface area contributed by atoms with Crippen molar-refractivity contribution >= 4 is 27.7 Å². The van der Waals surface area contributed by atoms with Gasteiger partial charge in [0.05, 0.1) is 23.1 Å². The van der Waals surface area contributed by atoms with Gasteiger partial charge in [-0.3, -0.25) is 18.7 Å². The van der Waals surface area contributed by atoms with Gasteiger partial charge in [-0.1, -0.05) is 18.2 Å². The molecule has 0 amide bonds.